The molecule has 0 N–H and O–H groups in total. The Kier molecular flexibility index (Phi) is 2.12. The van der Waals surface area contributed by atoms with Gasteiger partial charge in [-0.15, -0.1) is 11.3 Å². The van der Waals surface area contributed by atoms with Gasteiger partial charge < -0.3 is 4.52 Å². The molecule has 4 rings (SSSR count). The largest absolute Gasteiger partial charge is 0.351 e. The molecule has 0 bridgehead atoms. The minimum Gasteiger partial charge on any atom is -0.351 e. The minimum absolute atomic E-state index is 0.0529. The first-order chi connectivity index (χ1) is 9.27. The number of hydrogen-bond acceptors (Lipinski definition) is 6. The first-order valence-electron chi connectivity index (χ1n) is 5.46. The Balaban J connectivity index is 2.01. The third-order valence-corrected chi connectivity index (χ3v) is 4.63. The molecule has 0 aliphatic heterocycles. The van der Waals surface area contributed by atoms with E-state index in [4.69, 9.17) is 4.52 Å². The lowest BCUT2D eigenvalue weighted by molar-refractivity contribution is 0.0958. The molecule has 1 aliphatic rings. The van der Waals surface area contributed by atoms with E-state index >= 15 is 0 Å². The van der Waals surface area contributed by atoms with E-state index in [1.54, 1.807) is 11.4 Å². The quantitative estimate of drug-likeness (QED) is 0.539. The average Bonchev–Trinajstić information content (AvgIpc) is 3.12. The van der Waals surface area contributed by atoms with E-state index in [2.05, 4.69) is 5.16 Å². The Morgan fingerprint density at radius 3 is 2.79 bits per heavy atom. The van der Waals surface area contributed by atoms with Crippen LogP contribution in [0.15, 0.2) is 32.8 Å². The second-order valence-corrected chi connectivity index (χ2v) is 5.77. The molecule has 4 nitrogen and oxygen atoms in total. The number of aromatic nitrogens is 1. The van der Waals surface area contributed by atoms with E-state index in [-0.39, 0.29) is 17.3 Å². The Hall–Kier alpha value is -2.05. The normalized spacial score (nSPS) is 13.5. The molecular weight excluding hydrogens is 282 g/mol. The van der Waals surface area contributed by atoms with Gasteiger partial charge in [-0.1, -0.05) is 5.16 Å². The predicted octanol–water partition coefficient (Wildman–Crippen LogP) is 3.24. The van der Waals surface area contributed by atoms with Gasteiger partial charge in [0, 0.05) is 16.5 Å². The van der Waals surface area contributed by atoms with Crippen molar-refractivity contribution in [3.8, 4) is 11.3 Å². The molecule has 0 saturated heterocycles. The molecule has 3 heterocycles. The summed E-state index contributed by atoms with van der Waals surface area (Å²) in [4.78, 5) is 25.1. The number of ketones is 2. The topological polar surface area (TPSA) is 60.2 Å². The van der Waals surface area contributed by atoms with E-state index in [1.807, 2.05) is 16.8 Å². The number of thiophene rings is 2. The third kappa shape index (κ3) is 1.35. The first-order valence-corrected chi connectivity index (χ1v) is 7.28. The van der Waals surface area contributed by atoms with Crippen molar-refractivity contribution < 1.29 is 14.1 Å². The van der Waals surface area contributed by atoms with Gasteiger partial charge >= 0.3 is 0 Å². The number of rotatable bonds is 1. The summed E-state index contributed by atoms with van der Waals surface area (Å²) in [5.74, 6) is -0.390. The van der Waals surface area contributed by atoms with Gasteiger partial charge in [0.25, 0.3) is 0 Å². The summed E-state index contributed by atoms with van der Waals surface area (Å²) in [6.45, 7) is 0. The number of fused-ring (bicyclic) bond motifs is 2. The first kappa shape index (κ1) is 10.8. The summed E-state index contributed by atoms with van der Waals surface area (Å²) in [5.41, 5.74) is 1.96. The molecule has 3 aromatic heterocycles. The van der Waals surface area contributed by atoms with E-state index in [0.717, 1.165) is 5.56 Å². The van der Waals surface area contributed by atoms with Crippen LogP contribution in [-0.4, -0.2) is 16.7 Å². The smallest absolute Gasteiger partial charge is 0.233 e. The molecule has 0 aromatic carbocycles. The van der Waals surface area contributed by atoms with Crippen LogP contribution < -0.4 is 0 Å². The minimum atomic E-state index is -0.264. The van der Waals surface area contributed by atoms with Gasteiger partial charge in [-0.2, -0.15) is 11.3 Å². The summed E-state index contributed by atoms with van der Waals surface area (Å²) in [6.07, 6.45) is 0. The zero-order chi connectivity index (χ0) is 13.0. The third-order valence-electron chi connectivity index (χ3n) is 3.04. The maximum atomic E-state index is 12.5. The molecule has 0 saturated carbocycles. The highest BCUT2D eigenvalue weighted by molar-refractivity contribution is 7.13. The van der Waals surface area contributed by atoms with Crippen LogP contribution in [0.2, 0.25) is 0 Å². The van der Waals surface area contributed by atoms with Crippen molar-refractivity contribution >= 4 is 34.2 Å². The Bertz CT molecular complexity index is 811. The van der Waals surface area contributed by atoms with Gasteiger partial charge in [-0.25, -0.2) is 0 Å². The van der Waals surface area contributed by atoms with Crippen molar-refractivity contribution in [2.24, 2.45) is 0 Å². The number of nitrogens with zero attached hydrogens (tertiary/aromatic N) is 1. The number of carbonyl (C=O) groups excluding carboxylic acids is 2. The molecule has 6 heteroatoms. The fourth-order valence-corrected chi connectivity index (χ4v) is 3.63. The van der Waals surface area contributed by atoms with Crippen molar-refractivity contribution in [2.75, 3.05) is 0 Å². The molecule has 0 unspecified atom stereocenters. The summed E-state index contributed by atoms with van der Waals surface area (Å²) in [6, 6.07) is 3.50. The van der Waals surface area contributed by atoms with Crippen molar-refractivity contribution in [2.45, 2.75) is 0 Å². The van der Waals surface area contributed by atoms with Gasteiger partial charge in [0.15, 0.2) is 0 Å². The molecule has 0 radical (unpaired) electrons. The lowest BCUT2D eigenvalue weighted by atomic mass is 9.92. The molecular formula is C13H5NO3S2. The molecule has 1 aliphatic carbocycles. The zero-order valence-corrected chi connectivity index (χ0v) is 11.0. The fraction of sp³-hybridized carbons (Fsp3) is 0. The van der Waals surface area contributed by atoms with Crippen LogP contribution in [0.5, 0.6) is 0 Å². The maximum Gasteiger partial charge on any atom is 0.233 e. The van der Waals surface area contributed by atoms with E-state index in [9.17, 15) is 9.59 Å². The van der Waals surface area contributed by atoms with Crippen LogP contribution in [0.1, 0.15) is 31.4 Å². The Morgan fingerprint density at radius 1 is 1.11 bits per heavy atom. The van der Waals surface area contributed by atoms with Crippen LogP contribution >= 0.6 is 22.7 Å². The molecule has 19 heavy (non-hydrogen) atoms. The summed E-state index contributed by atoms with van der Waals surface area (Å²) in [5, 5.41) is 9.40. The lowest BCUT2D eigenvalue weighted by Crippen LogP contribution is -2.17. The molecule has 3 aromatic rings. The van der Waals surface area contributed by atoms with Crippen molar-refractivity contribution in [1.29, 1.82) is 0 Å². The van der Waals surface area contributed by atoms with Crippen LogP contribution in [-0.2, 0) is 0 Å². The maximum absolute atomic E-state index is 12.5. The molecule has 0 atom stereocenters. The fourth-order valence-electron chi connectivity index (χ4n) is 2.15. The van der Waals surface area contributed by atoms with Crippen LogP contribution in [0, 0.1) is 0 Å². The Labute approximate surface area is 115 Å². The lowest BCUT2D eigenvalue weighted by Gasteiger charge is -2.08. The van der Waals surface area contributed by atoms with E-state index in [0.29, 0.717) is 21.7 Å². The van der Waals surface area contributed by atoms with E-state index < -0.39 is 0 Å². The van der Waals surface area contributed by atoms with Crippen LogP contribution in [0.25, 0.3) is 11.3 Å². The zero-order valence-electron chi connectivity index (χ0n) is 9.38. The summed E-state index contributed by atoms with van der Waals surface area (Å²) >= 11 is 2.78. The molecule has 92 valence electrons. The number of carbonyl (C=O) groups is 2. The van der Waals surface area contributed by atoms with Crippen LogP contribution in [0.3, 0.4) is 0 Å². The highest BCUT2D eigenvalue weighted by Gasteiger charge is 2.37. The summed E-state index contributed by atoms with van der Waals surface area (Å²) < 4.78 is 5.11. The second kappa shape index (κ2) is 3.72. The average molecular weight is 287 g/mol. The molecule has 0 fully saturated rings. The standard InChI is InChI=1S/C13H5NO3S2/c15-10-7-2-4-19-13(7)11(16)8-9(14-17-12(8)10)6-1-3-18-5-6/h1-5H. The second-order valence-electron chi connectivity index (χ2n) is 4.07. The van der Waals surface area contributed by atoms with Crippen molar-refractivity contribution in [3.05, 3.63) is 50.0 Å². The van der Waals surface area contributed by atoms with Crippen LogP contribution in [0.4, 0.5) is 0 Å². The SMILES string of the molecule is O=C1c2ccsc2C(=O)c2c(-c3ccsc3)noc21. The number of hydrogen-bond donors (Lipinski definition) is 0. The van der Waals surface area contributed by atoms with Gasteiger partial charge in [0.1, 0.15) is 11.3 Å². The van der Waals surface area contributed by atoms with Gasteiger partial charge in [0.05, 0.1) is 4.88 Å². The van der Waals surface area contributed by atoms with Gasteiger partial charge in [0.2, 0.25) is 17.3 Å². The molecule has 0 spiro atoms. The highest BCUT2D eigenvalue weighted by Crippen LogP contribution is 2.36. The monoisotopic (exact) mass is 287 g/mol. The summed E-state index contributed by atoms with van der Waals surface area (Å²) in [7, 11) is 0. The van der Waals surface area contributed by atoms with Crippen molar-refractivity contribution in [3.63, 3.8) is 0 Å². The molecule has 0 amide bonds. The van der Waals surface area contributed by atoms with Gasteiger partial charge in [-0.05, 0) is 22.9 Å². The predicted molar refractivity (Wildman–Crippen MR) is 71.0 cm³/mol. The van der Waals surface area contributed by atoms with E-state index in [1.165, 1.54) is 22.7 Å². The van der Waals surface area contributed by atoms with Gasteiger partial charge in [-0.3, -0.25) is 9.59 Å². The highest BCUT2D eigenvalue weighted by atomic mass is 32.1. The Morgan fingerprint density at radius 2 is 2.00 bits per heavy atom. The van der Waals surface area contributed by atoms with Crippen molar-refractivity contribution in [1.82, 2.24) is 5.16 Å².